The van der Waals surface area contributed by atoms with Crippen LogP contribution in [0.4, 0.5) is 11.4 Å². The van der Waals surface area contributed by atoms with E-state index >= 15 is 0 Å². The van der Waals surface area contributed by atoms with E-state index in [0.29, 0.717) is 54.1 Å². The Balaban J connectivity index is 1.61. The number of amides is 1. The number of carbonyl (C=O) groups excluding carboxylic acids is 1. The number of H-pyrrole nitrogens is 1. The third-order valence-corrected chi connectivity index (χ3v) is 5.00. The molecule has 2 N–H and O–H groups in total. The summed E-state index contributed by atoms with van der Waals surface area (Å²) in [6.07, 6.45) is 1.47. The van der Waals surface area contributed by atoms with Gasteiger partial charge in [-0.15, -0.1) is 0 Å². The molecule has 10 heteroatoms. The Morgan fingerprint density at radius 1 is 1.24 bits per heavy atom. The fraction of sp³-hybridized carbons (Fsp3) is 0.263. The summed E-state index contributed by atoms with van der Waals surface area (Å²) in [5.41, 5.74) is 2.08. The van der Waals surface area contributed by atoms with Crippen molar-refractivity contribution in [3.63, 3.8) is 0 Å². The Hall–Kier alpha value is -3.17. The molecule has 0 unspecified atom stereocenters. The van der Waals surface area contributed by atoms with Crippen LogP contribution in [0.5, 0.6) is 0 Å². The number of para-hydroxylation sites is 1. The molecule has 1 fully saturated rings. The summed E-state index contributed by atoms with van der Waals surface area (Å²) in [4.78, 5) is 26.3. The summed E-state index contributed by atoms with van der Waals surface area (Å²) in [5, 5.41) is 14.0. The minimum atomic E-state index is -0.312. The Bertz CT molecular complexity index is 1080. The third-order valence-electron chi connectivity index (χ3n) is 4.70. The van der Waals surface area contributed by atoms with Gasteiger partial charge in [0.15, 0.2) is 5.82 Å². The minimum Gasteiger partial charge on any atom is -0.378 e. The second kappa shape index (κ2) is 8.06. The average Bonchev–Trinajstić information content (AvgIpc) is 3.11. The topological polar surface area (TPSA) is 105 Å². The average molecular weight is 415 g/mol. The van der Waals surface area contributed by atoms with Crippen molar-refractivity contribution in [2.24, 2.45) is 0 Å². The molecule has 150 valence electrons. The van der Waals surface area contributed by atoms with E-state index in [1.165, 1.54) is 23.0 Å². The zero-order chi connectivity index (χ0) is 20.4. The van der Waals surface area contributed by atoms with Gasteiger partial charge < -0.3 is 15.0 Å². The molecule has 0 radical (unpaired) electrons. The van der Waals surface area contributed by atoms with E-state index in [0.717, 1.165) is 5.69 Å². The molecule has 0 spiro atoms. The van der Waals surface area contributed by atoms with Gasteiger partial charge in [-0.25, -0.2) is 9.78 Å². The summed E-state index contributed by atoms with van der Waals surface area (Å²) in [6, 6.07) is 8.30. The van der Waals surface area contributed by atoms with E-state index in [9.17, 15) is 9.59 Å². The van der Waals surface area contributed by atoms with Crippen LogP contribution in [0.15, 0.2) is 41.3 Å². The molecule has 1 aliphatic heterocycles. The monoisotopic (exact) mass is 414 g/mol. The van der Waals surface area contributed by atoms with Crippen molar-refractivity contribution >= 4 is 28.9 Å². The first-order valence-corrected chi connectivity index (χ1v) is 9.45. The third kappa shape index (κ3) is 3.87. The van der Waals surface area contributed by atoms with Gasteiger partial charge in [-0.05, 0) is 25.1 Å². The molecule has 3 aromatic rings. The first-order valence-electron chi connectivity index (χ1n) is 9.08. The highest BCUT2D eigenvalue weighted by Crippen LogP contribution is 2.34. The SMILES string of the molecule is Cc1c(C(=O)Nc2cccc(Cl)c2N2CCOCC2)cnn1-c1ccc(=O)[nH]n1. The maximum Gasteiger partial charge on any atom is 0.264 e. The molecular formula is C19H19ClN6O3. The lowest BCUT2D eigenvalue weighted by Gasteiger charge is -2.31. The highest BCUT2D eigenvalue weighted by atomic mass is 35.5. The quantitative estimate of drug-likeness (QED) is 0.676. The van der Waals surface area contributed by atoms with Gasteiger partial charge in [0.1, 0.15) is 0 Å². The Morgan fingerprint density at radius 3 is 2.76 bits per heavy atom. The summed E-state index contributed by atoms with van der Waals surface area (Å²) < 4.78 is 6.90. The Kier molecular flexibility index (Phi) is 5.32. The van der Waals surface area contributed by atoms with Crippen molar-refractivity contribution in [2.75, 3.05) is 36.5 Å². The van der Waals surface area contributed by atoms with E-state index in [4.69, 9.17) is 16.3 Å². The van der Waals surface area contributed by atoms with Gasteiger partial charge in [0, 0.05) is 19.2 Å². The maximum atomic E-state index is 13.0. The highest BCUT2D eigenvalue weighted by Gasteiger charge is 2.21. The van der Waals surface area contributed by atoms with E-state index < -0.39 is 0 Å². The molecule has 0 aliphatic carbocycles. The standard InChI is InChI=1S/C19H19ClN6O3/c1-12-13(11-21-26(12)16-5-6-17(27)24-23-16)19(28)22-15-4-2-3-14(20)18(15)25-7-9-29-10-8-25/h2-6,11H,7-10H2,1H3,(H,22,28)(H,24,27). The van der Waals surface area contributed by atoms with Crippen molar-refractivity contribution in [3.8, 4) is 5.82 Å². The van der Waals surface area contributed by atoms with Gasteiger partial charge >= 0.3 is 0 Å². The van der Waals surface area contributed by atoms with Gasteiger partial charge in [-0.3, -0.25) is 9.59 Å². The number of carbonyl (C=O) groups is 1. The molecule has 1 saturated heterocycles. The molecule has 1 aliphatic rings. The van der Waals surface area contributed by atoms with E-state index in [1.54, 1.807) is 19.1 Å². The van der Waals surface area contributed by atoms with Crippen LogP contribution >= 0.6 is 11.6 Å². The minimum absolute atomic E-state index is 0.310. The largest absolute Gasteiger partial charge is 0.378 e. The second-order valence-corrected chi connectivity index (χ2v) is 6.93. The van der Waals surface area contributed by atoms with Gasteiger partial charge in [0.05, 0.1) is 47.1 Å². The van der Waals surface area contributed by atoms with Gasteiger partial charge in [0.25, 0.3) is 11.5 Å². The summed E-state index contributed by atoms with van der Waals surface area (Å²) in [6.45, 7) is 4.37. The molecule has 1 amide bonds. The van der Waals surface area contributed by atoms with Gasteiger partial charge in [-0.2, -0.15) is 10.2 Å². The second-order valence-electron chi connectivity index (χ2n) is 6.52. The van der Waals surface area contributed by atoms with Crippen LogP contribution in [0, 0.1) is 6.92 Å². The fourth-order valence-electron chi connectivity index (χ4n) is 3.23. The molecule has 3 heterocycles. The predicted octanol–water partition coefficient (Wildman–Crippen LogP) is 2.01. The van der Waals surface area contributed by atoms with Gasteiger partial charge in [-0.1, -0.05) is 17.7 Å². The smallest absolute Gasteiger partial charge is 0.264 e. The lowest BCUT2D eigenvalue weighted by atomic mass is 10.2. The lowest BCUT2D eigenvalue weighted by Crippen LogP contribution is -2.37. The summed E-state index contributed by atoms with van der Waals surface area (Å²) in [7, 11) is 0. The summed E-state index contributed by atoms with van der Waals surface area (Å²) >= 11 is 6.43. The number of hydrogen-bond acceptors (Lipinski definition) is 6. The first kappa shape index (κ1) is 19.2. The molecule has 1 aromatic carbocycles. The number of ether oxygens (including phenoxy) is 1. The van der Waals surface area contributed by atoms with Crippen molar-refractivity contribution in [1.29, 1.82) is 0 Å². The van der Waals surface area contributed by atoms with Crippen LogP contribution < -0.4 is 15.8 Å². The number of hydrogen-bond donors (Lipinski definition) is 2. The fourth-order valence-corrected chi connectivity index (χ4v) is 3.53. The number of nitrogens with zero attached hydrogens (tertiary/aromatic N) is 4. The number of aromatic amines is 1. The molecule has 9 nitrogen and oxygen atoms in total. The van der Waals surface area contributed by atoms with Crippen LogP contribution in [0.1, 0.15) is 16.1 Å². The van der Waals surface area contributed by atoms with E-state index in [2.05, 4.69) is 25.5 Å². The number of benzene rings is 1. The van der Waals surface area contributed by atoms with Crippen LogP contribution in [0.3, 0.4) is 0 Å². The highest BCUT2D eigenvalue weighted by molar-refractivity contribution is 6.34. The number of rotatable bonds is 4. The molecule has 0 saturated carbocycles. The van der Waals surface area contributed by atoms with Gasteiger partial charge in [0.2, 0.25) is 0 Å². The van der Waals surface area contributed by atoms with Crippen molar-refractivity contribution in [3.05, 3.63) is 63.2 Å². The molecule has 4 rings (SSSR count). The molecule has 29 heavy (non-hydrogen) atoms. The van der Waals surface area contributed by atoms with Crippen LogP contribution in [0.25, 0.3) is 5.82 Å². The number of morpholine rings is 1. The number of aromatic nitrogens is 4. The normalized spacial score (nSPS) is 14.1. The number of halogens is 1. The molecule has 0 atom stereocenters. The first-order chi connectivity index (χ1) is 14.0. The molecule has 0 bridgehead atoms. The van der Waals surface area contributed by atoms with Crippen molar-refractivity contribution < 1.29 is 9.53 Å². The van der Waals surface area contributed by atoms with Crippen molar-refractivity contribution in [1.82, 2.24) is 20.0 Å². The predicted molar refractivity (Wildman–Crippen MR) is 109 cm³/mol. The van der Waals surface area contributed by atoms with Crippen LogP contribution in [-0.2, 0) is 4.74 Å². The van der Waals surface area contributed by atoms with E-state index in [1.807, 2.05) is 6.07 Å². The Labute approximate surface area is 171 Å². The summed E-state index contributed by atoms with van der Waals surface area (Å²) in [5.74, 6) is 0.105. The molecule has 2 aromatic heterocycles. The van der Waals surface area contributed by atoms with Crippen molar-refractivity contribution in [2.45, 2.75) is 6.92 Å². The molecular weight excluding hydrogens is 396 g/mol. The van der Waals surface area contributed by atoms with Crippen LogP contribution in [0.2, 0.25) is 5.02 Å². The maximum absolute atomic E-state index is 13.0. The Morgan fingerprint density at radius 2 is 2.03 bits per heavy atom. The van der Waals surface area contributed by atoms with E-state index in [-0.39, 0.29) is 11.5 Å². The van der Waals surface area contributed by atoms with Crippen LogP contribution in [-0.4, -0.2) is 52.2 Å². The number of nitrogens with one attached hydrogen (secondary N) is 2. The lowest BCUT2D eigenvalue weighted by molar-refractivity contribution is 0.102. The zero-order valence-corrected chi connectivity index (χ0v) is 16.4. The zero-order valence-electron chi connectivity index (χ0n) is 15.7. The number of anilines is 2.